The lowest BCUT2D eigenvalue weighted by molar-refractivity contribution is -0.116. The molecule has 28 heavy (non-hydrogen) atoms. The van der Waals surface area contributed by atoms with E-state index >= 15 is 0 Å². The second-order valence-electron chi connectivity index (χ2n) is 6.02. The van der Waals surface area contributed by atoms with Gasteiger partial charge in [0.1, 0.15) is 12.1 Å². The smallest absolute Gasteiger partial charge is 0.224 e. The van der Waals surface area contributed by atoms with Gasteiger partial charge in [-0.3, -0.25) is 9.36 Å². The van der Waals surface area contributed by atoms with Crippen LogP contribution in [0.15, 0.2) is 71.9 Å². The zero-order valence-electron chi connectivity index (χ0n) is 14.7. The van der Waals surface area contributed by atoms with Crippen molar-refractivity contribution in [3.05, 3.63) is 78.4 Å². The van der Waals surface area contributed by atoms with E-state index in [1.165, 1.54) is 0 Å². The van der Waals surface area contributed by atoms with Crippen LogP contribution in [0.5, 0.6) is 0 Å². The molecule has 0 aliphatic heterocycles. The predicted molar refractivity (Wildman–Crippen MR) is 105 cm³/mol. The topological polar surface area (TPSA) is 85.8 Å². The van der Waals surface area contributed by atoms with E-state index in [4.69, 9.17) is 16.0 Å². The molecule has 0 saturated carbocycles. The number of benzene rings is 1. The number of rotatable bonds is 6. The second kappa shape index (κ2) is 8.06. The van der Waals surface area contributed by atoms with E-state index in [0.29, 0.717) is 28.8 Å². The predicted octanol–water partition coefficient (Wildman–Crippen LogP) is 4.15. The Morgan fingerprint density at radius 3 is 2.79 bits per heavy atom. The standard InChI is InChI=1S/C20H16ClN5O2/c21-16-4-2-1-3-15(16)17-12-24-20(28-17)8-7-19(27)25-14-5-6-18(23-11-14)26-10-9-22-13-26/h1-6,9-13H,7-8H2,(H,25,27). The number of carbonyl (C=O) groups is 1. The Bertz CT molecular complexity index is 1070. The summed E-state index contributed by atoms with van der Waals surface area (Å²) in [5, 5.41) is 3.41. The van der Waals surface area contributed by atoms with Crippen LogP contribution in [0.25, 0.3) is 17.1 Å². The van der Waals surface area contributed by atoms with E-state index in [9.17, 15) is 4.79 Å². The highest BCUT2D eigenvalue weighted by Gasteiger charge is 2.11. The molecule has 7 nitrogen and oxygen atoms in total. The van der Waals surface area contributed by atoms with Gasteiger partial charge in [0, 0.05) is 30.8 Å². The molecule has 1 aromatic carbocycles. The Labute approximate surface area is 166 Å². The normalized spacial score (nSPS) is 10.8. The van der Waals surface area contributed by atoms with Gasteiger partial charge in [-0.1, -0.05) is 23.7 Å². The average molecular weight is 394 g/mol. The summed E-state index contributed by atoms with van der Waals surface area (Å²) in [6, 6.07) is 11.0. The number of oxazole rings is 1. The monoisotopic (exact) mass is 393 g/mol. The lowest BCUT2D eigenvalue weighted by Gasteiger charge is -2.05. The van der Waals surface area contributed by atoms with Gasteiger partial charge in [0.05, 0.1) is 23.1 Å². The van der Waals surface area contributed by atoms with Crippen molar-refractivity contribution in [3.8, 4) is 17.1 Å². The van der Waals surface area contributed by atoms with Gasteiger partial charge in [-0.15, -0.1) is 0 Å². The number of anilines is 1. The highest BCUT2D eigenvalue weighted by molar-refractivity contribution is 6.33. The van der Waals surface area contributed by atoms with Crippen molar-refractivity contribution in [1.82, 2.24) is 19.5 Å². The van der Waals surface area contributed by atoms with E-state index in [1.807, 2.05) is 18.2 Å². The summed E-state index contributed by atoms with van der Waals surface area (Å²) in [5.41, 5.74) is 1.40. The third-order valence-corrected chi connectivity index (χ3v) is 4.39. The van der Waals surface area contributed by atoms with Crippen LogP contribution in [0.4, 0.5) is 5.69 Å². The van der Waals surface area contributed by atoms with Gasteiger partial charge in [0.25, 0.3) is 0 Å². The molecular formula is C20H16ClN5O2. The molecular weight excluding hydrogens is 378 g/mol. The number of halogens is 1. The number of pyridine rings is 1. The third kappa shape index (κ3) is 4.10. The van der Waals surface area contributed by atoms with E-state index in [2.05, 4.69) is 20.3 Å². The fourth-order valence-corrected chi connectivity index (χ4v) is 2.89. The van der Waals surface area contributed by atoms with Gasteiger partial charge in [0.2, 0.25) is 5.91 Å². The van der Waals surface area contributed by atoms with Crippen LogP contribution in [-0.2, 0) is 11.2 Å². The fraction of sp³-hybridized carbons (Fsp3) is 0.100. The van der Waals surface area contributed by atoms with E-state index in [0.717, 1.165) is 11.4 Å². The molecule has 0 fully saturated rings. The van der Waals surface area contributed by atoms with Crippen molar-refractivity contribution in [1.29, 1.82) is 0 Å². The molecule has 3 aromatic heterocycles. The van der Waals surface area contributed by atoms with E-state index < -0.39 is 0 Å². The zero-order chi connectivity index (χ0) is 19.3. The molecule has 0 unspecified atom stereocenters. The molecule has 0 saturated heterocycles. The number of carbonyl (C=O) groups excluding carboxylic acids is 1. The molecule has 140 valence electrons. The van der Waals surface area contributed by atoms with E-state index in [1.54, 1.807) is 53.9 Å². The Hall–Kier alpha value is -3.45. The maximum Gasteiger partial charge on any atom is 0.224 e. The Morgan fingerprint density at radius 1 is 1.14 bits per heavy atom. The first kappa shape index (κ1) is 17.9. The lowest BCUT2D eigenvalue weighted by Crippen LogP contribution is -2.12. The van der Waals surface area contributed by atoms with Crippen molar-refractivity contribution in [2.75, 3.05) is 5.32 Å². The summed E-state index contributed by atoms with van der Waals surface area (Å²) >= 11 is 6.17. The van der Waals surface area contributed by atoms with Gasteiger partial charge < -0.3 is 9.73 Å². The van der Waals surface area contributed by atoms with Crippen LogP contribution in [-0.4, -0.2) is 25.4 Å². The molecule has 3 heterocycles. The van der Waals surface area contributed by atoms with E-state index in [-0.39, 0.29) is 12.3 Å². The molecule has 1 amide bonds. The SMILES string of the molecule is O=C(CCc1ncc(-c2ccccc2Cl)o1)Nc1ccc(-n2ccnc2)nc1. The largest absolute Gasteiger partial charge is 0.441 e. The summed E-state index contributed by atoms with van der Waals surface area (Å²) in [6.07, 6.45) is 8.99. The highest BCUT2D eigenvalue weighted by Crippen LogP contribution is 2.28. The number of amides is 1. The first-order valence-electron chi connectivity index (χ1n) is 8.63. The van der Waals surface area contributed by atoms with Crippen LogP contribution in [0.2, 0.25) is 5.02 Å². The number of hydrogen-bond acceptors (Lipinski definition) is 5. The van der Waals surface area contributed by atoms with Crippen LogP contribution in [0.1, 0.15) is 12.3 Å². The van der Waals surface area contributed by atoms with Crippen molar-refractivity contribution in [2.24, 2.45) is 0 Å². The first-order chi connectivity index (χ1) is 13.7. The van der Waals surface area contributed by atoms with Crippen molar-refractivity contribution in [3.63, 3.8) is 0 Å². The van der Waals surface area contributed by atoms with Gasteiger partial charge >= 0.3 is 0 Å². The molecule has 8 heteroatoms. The third-order valence-electron chi connectivity index (χ3n) is 4.06. The first-order valence-corrected chi connectivity index (χ1v) is 9.01. The second-order valence-corrected chi connectivity index (χ2v) is 6.43. The van der Waals surface area contributed by atoms with Crippen LogP contribution in [0.3, 0.4) is 0 Å². The average Bonchev–Trinajstić information content (AvgIpc) is 3.40. The minimum absolute atomic E-state index is 0.144. The minimum atomic E-state index is -0.144. The van der Waals surface area contributed by atoms with Crippen LogP contribution < -0.4 is 5.32 Å². The molecule has 0 bridgehead atoms. The van der Waals surface area contributed by atoms with Crippen molar-refractivity contribution >= 4 is 23.2 Å². The fourth-order valence-electron chi connectivity index (χ4n) is 2.66. The number of nitrogens with zero attached hydrogens (tertiary/aromatic N) is 4. The van der Waals surface area contributed by atoms with Gasteiger partial charge in [-0.2, -0.15) is 0 Å². The molecule has 4 rings (SSSR count). The highest BCUT2D eigenvalue weighted by atomic mass is 35.5. The molecule has 0 aliphatic rings. The summed E-state index contributed by atoms with van der Waals surface area (Å²) in [4.78, 5) is 24.7. The van der Waals surface area contributed by atoms with Gasteiger partial charge in [-0.05, 0) is 24.3 Å². The summed E-state index contributed by atoms with van der Waals surface area (Å²) in [7, 11) is 0. The molecule has 0 aliphatic carbocycles. The minimum Gasteiger partial charge on any atom is -0.441 e. The Kier molecular flexibility index (Phi) is 5.16. The molecule has 0 radical (unpaired) electrons. The summed E-state index contributed by atoms with van der Waals surface area (Å²) in [6.45, 7) is 0. The number of hydrogen-bond donors (Lipinski definition) is 1. The number of imidazole rings is 1. The molecule has 1 N–H and O–H groups in total. The van der Waals surface area contributed by atoms with Gasteiger partial charge in [0.15, 0.2) is 11.7 Å². The number of nitrogens with one attached hydrogen (secondary N) is 1. The summed E-state index contributed by atoms with van der Waals surface area (Å²) in [5.74, 6) is 1.65. The maximum absolute atomic E-state index is 12.2. The van der Waals surface area contributed by atoms with Crippen molar-refractivity contribution < 1.29 is 9.21 Å². The van der Waals surface area contributed by atoms with Crippen molar-refractivity contribution in [2.45, 2.75) is 12.8 Å². The lowest BCUT2D eigenvalue weighted by atomic mass is 10.2. The maximum atomic E-state index is 12.2. The van der Waals surface area contributed by atoms with Crippen LogP contribution in [0, 0.1) is 0 Å². The Morgan fingerprint density at radius 2 is 2.04 bits per heavy atom. The number of aryl methyl sites for hydroxylation is 1. The quantitative estimate of drug-likeness (QED) is 0.532. The zero-order valence-corrected chi connectivity index (χ0v) is 15.5. The molecule has 0 spiro atoms. The molecule has 4 aromatic rings. The summed E-state index contributed by atoms with van der Waals surface area (Å²) < 4.78 is 7.49. The van der Waals surface area contributed by atoms with Gasteiger partial charge in [-0.25, -0.2) is 15.0 Å². The Balaban J connectivity index is 1.33. The van der Waals surface area contributed by atoms with Crippen LogP contribution >= 0.6 is 11.6 Å². The number of aromatic nitrogens is 4. The molecule has 0 atom stereocenters.